The molecule has 0 saturated heterocycles. The number of methoxy groups -OCH3 is 1. The second kappa shape index (κ2) is 6.47. The van der Waals surface area contributed by atoms with Crippen LogP contribution in [0.25, 0.3) is 5.70 Å². The number of aliphatic hydroxyl groups excluding tert-OH is 1. The first-order valence-corrected chi connectivity index (χ1v) is 6.88. The second-order valence-corrected chi connectivity index (χ2v) is 5.09. The lowest BCUT2D eigenvalue weighted by Gasteiger charge is -2.22. The van der Waals surface area contributed by atoms with E-state index in [0.29, 0.717) is 0 Å². The Balaban J connectivity index is 2.26. The Bertz CT molecular complexity index is 587. The molecule has 1 aromatic rings. The summed E-state index contributed by atoms with van der Waals surface area (Å²) in [6, 6.07) is 6.76. The van der Waals surface area contributed by atoms with Crippen molar-refractivity contribution in [3.05, 3.63) is 41.0 Å². The lowest BCUT2D eigenvalue weighted by atomic mass is 10.1. The van der Waals surface area contributed by atoms with Crippen LogP contribution in [0.15, 0.2) is 29.8 Å². The van der Waals surface area contributed by atoms with Gasteiger partial charge in [-0.25, -0.2) is 4.79 Å². The number of esters is 1. The van der Waals surface area contributed by atoms with Gasteiger partial charge < -0.3 is 15.2 Å². The van der Waals surface area contributed by atoms with Crippen molar-refractivity contribution in [2.75, 3.05) is 7.11 Å². The predicted molar refractivity (Wildman–Crippen MR) is 81.2 cm³/mol. The monoisotopic (exact) mass is 285 g/mol. The highest BCUT2D eigenvalue weighted by atomic mass is 16.5. The van der Waals surface area contributed by atoms with Crippen molar-refractivity contribution in [3.63, 3.8) is 0 Å². The van der Waals surface area contributed by atoms with Crippen LogP contribution in [0, 0.1) is 12.3 Å². The van der Waals surface area contributed by atoms with E-state index < -0.39 is 18.1 Å². The topological polar surface area (TPSA) is 58.6 Å². The van der Waals surface area contributed by atoms with E-state index in [2.05, 4.69) is 11.2 Å². The first-order chi connectivity index (χ1) is 10.1. The molecule has 21 heavy (non-hydrogen) atoms. The molecule has 1 saturated carbocycles. The lowest BCUT2D eigenvalue weighted by Crippen LogP contribution is -2.44. The average molecular weight is 285 g/mol. The molecule has 0 radical (unpaired) electrons. The number of hydrogen-bond donors (Lipinski definition) is 2. The summed E-state index contributed by atoms with van der Waals surface area (Å²) in [4.78, 5) is 11.8. The number of hydrogen-bond acceptors (Lipinski definition) is 4. The van der Waals surface area contributed by atoms with Gasteiger partial charge in [-0.05, 0) is 43.0 Å². The number of allylic oxidation sites excluding steroid dienone is 1. The van der Waals surface area contributed by atoms with Crippen LogP contribution in [0.3, 0.4) is 0 Å². The molecule has 110 valence electrons. The summed E-state index contributed by atoms with van der Waals surface area (Å²) < 4.78 is 4.74. The number of ether oxygens (including phenoxy) is 1. The molecule has 0 spiro atoms. The van der Waals surface area contributed by atoms with Crippen molar-refractivity contribution in [2.24, 2.45) is 0 Å². The third kappa shape index (κ3) is 3.65. The van der Waals surface area contributed by atoms with Crippen LogP contribution in [-0.4, -0.2) is 30.3 Å². The molecule has 1 aliphatic rings. The molecular formula is C17H19NO3. The number of benzene rings is 1. The number of aliphatic hydroxyl groups is 1. The third-order valence-electron chi connectivity index (χ3n) is 3.43. The van der Waals surface area contributed by atoms with Gasteiger partial charge in [-0.3, -0.25) is 0 Å². The standard InChI is InChI=1S/C17H19NO3/c1-4-12-5-7-13(8-6-12)16(14-9-10-14)18-15(11(2)19)17(20)21-3/h1,5-8,11,15,18-19H,9-10H2,2-3H3. The van der Waals surface area contributed by atoms with Crippen LogP contribution in [0.5, 0.6) is 0 Å². The van der Waals surface area contributed by atoms with Crippen LogP contribution in [-0.2, 0) is 9.53 Å². The van der Waals surface area contributed by atoms with Crippen LogP contribution in [0.4, 0.5) is 0 Å². The Morgan fingerprint density at radius 3 is 2.43 bits per heavy atom. The van der Waals surface area contributed by atoms with Crippen molar-refractivity contribution in [2.45, 2.75) is 31.9 Å². The Hall–Kier alpha value is -2.25. The first-order valence-electron chi connectivity index (χ1n) is 6.88. The van der Waals surface area contributed by atoms with Crippen molar-refractivity contribution < 1.29 is 14.6 Å². The van der Waals surface area contributed by atoms with Crippen molar-refractivity contribution >= 4 is 11.7 Å². The van der Waals surface area contributed by atoms with Gasteiger partial charge in [0.25, 0.3) is 0 Å². The average Bonchev–Trinajstić information content (AvgIpc) is 3.32. The van der Waals surface area contributed by atoms with Gasteiger partial charge in [0, 0.05) is 11.3 Å². The smallest absolute Gasteiger partial charge is 0.330 e. The summed E-state index contributed by atoms with van der Waals surface area (Å²) in [7, 11) is 1.31. The first kappa shape index (κ1) is 15.1. The largest absolute Gasteiger partial charge is 0.467 e. The van der Waals surface area contributed by atoms with E-state index >= 15 is 0 Å². The molecule has 4 nitrogen and oxygen atoms in total. The molecular weight excluding hydrogens is 266 g/mol. The predicted octanol–water partition coefficient (Wildman–Crippen LogP) is 1.68. The van der Waals surface area contributed by atoms with Gasteiger partial charge in [0.05, 0.1) is 13.2 Å². The lowest BCUT2D eigenvalue weighted by molar-refractivity contribution is -0.145. The van der Waals surface area contributed by atoms with Gasteiger partial charge in [0.1, 0.15) is 0 Å². The fraction of sp³-hybridized carbons (Fsp3) is 0.353. The SMILES string of the molecule is C#Cc1ccc(C(NC(C(=O)OC)C(C)O)=C2CC2)cc1. The Kier molecular flexibility index (Phi) is 4.66. The minimum Gasteiger partial charge on any atom is -0.467 e. The van der Waals surface area contributed by atoms with Crippen LogP contribution in [0.2, 0.25) is 0 Å². The van der Waals surface area contributed by atoms with E-state index in [1.807, 2.05) is 24.3 Å². The molecule has 2 atom stereocenters. The number of nitrogens with one attached hydrogen (secondary N) is 1. The molecule has 0 aliphatic heterocycles. The number of carbonyl (C=O) groups excluding carboxylic acids is 1. The van der Waals surface area contributed by atoms with Crippen LogP contribution in [0.1, 0.15) is 30.9 Å². The summed E-state index contributed by atoms with van der Waals surface area (Å²) in [6.07, 6.45) is 6.49. The summed E-state index contributed by atoms with van der Waals surface area (Å²) in [5.74, 6) is 2.09. The van der Waals surface area contributed by atoms with Gasteiger partial charge in [-0.1, -0.05) is 18.1 Å². The summed E-state index contributed by atoms with van der Waals surface area (Å²) in [5, 5.41) is 12.9. The van der Waals surface area contributed by atoms with Gasteiger partial charge >= 0.3 is 5.97 Å². The van der Waals surface area contributed by atoms with E-state index in [1.165, 1.54) is 12.7 Å². The molecule has 0 amide bonds. The number of rotatable bonds is 5. The molecule has 0 aromatic heterocycles. The van der Waals surface area contributed by atoms with Gasteiger partial charge in [0.15, 0.2) is 6.04 Å². The van der Waals surface area contributed by atoms with E-state index in [9.17, 15) is 9.90 Å². The highest BCUT2D eigenvalue weighted by molar-refractivity contribution is 5.80. The fourth-order valence-corrected chi connectivity index (χ4v) is 2.09. The van der Waals surface area contributed by atoms with E-state index in [4.69, 9.17) is 11.2 Å². The van der Waals surface area contributed by atoms with E-state index in [1.54, 1.807) is 6.92 Å². The molecule has 1 aliphatic carbocycles. The van der Waals surface area contributed by atoms with E-state index in [0.717, 1.165) is 29.7 Å². The molecule has 1 aromatic carbocycles. The highest BCUT2D eigenvalue weighted by Gasteiger charge is 2.28. The summed E-state index contributed by atoms with van der Waals surface area (Å²) in [6.45, 7) is 1.56. The molecule has 2 unspecified atom stereocenters. The normalized spacial score (nSPS) is 15.6. The summed E-state index contributed by atoms with van der Waals surface area (Å²) >= 11 is 0. The Morgan fingerprint density at radius 1 is 1.38 bits per heavy atom. The molecule has 2 N–H and O–H groups in total. The van der Waals surface area contributed by atoms with Crippen LogP contribution >= 0.6 is 0 Å². The zero-order valence-electron chi connectivity index (χ0n) is 12.2. The molecule has 4 heteroatoms. The van der Waals surface area contributed by atoms with Gasteiger partial charge in [-0.2, -0.15) is 0 Å². The van der Waals surface area contributed by atoms with Crippen LogP contribution < -0.4 is 5.32 Å². The molecule has 0 bridgehead atoms. The van der Waals surface area contributed by atoms with Crippen molar-refractivity contribution in [3.8, 4) is 12.3 Å². The highest BCUT2D eigenvalue weighted by Crippen LogP contribution is 2.35. The fourth-order valence-electron chi connectivity index (χ4n) is 2.09. The maximum absolute atomic E-state index is 11.8. The van der Waals surface area contributed by atoms with Gasteiger partial charge in [0.2, 0.25) is 0 Å². The molecule has 2 rings (SSSR count). The maximum atomic E-state index is 11.8. The van der Waals surface area contributed by atoms with Crippen molar-refractivity contribution in [1.29, 1.82) is 0 Å². The Labute approximate surface area is 124 Å². The van der Waals surface area contributed by atoms with Gasteiger partial charge in [-0.15, -0.1) is 6.42 Å². The Morgan fingerprint density at radius 2 is 2.00 bits per heavy atom. The van der Waals surface area contributed by atoms with E-state index in [-0.39, 0.29) is 0 Å². The number of terminal acetylenes is 1. The minimum atomic E-state index is -0.850. The number of carbonyl (C=O) groups is 1. The zero-order valence-corrected chi connectivity index (χ0v) is 12.2. The molecule has 0 heterocycles. The van der Waals surface area contributed by atoms with Crippen molar-refractivity contribution in [1.82, 2.24) is 5.32 Å². The third-order valence-corrected chi connectivity index (χ3v) is 3.43. The zero-order chi connectivity index (χ0) is 15.4. The minimum absolute atomic E-state index is 0.482. The quantitative estimate of drug-likeness (QED) is 0.638. The summed E-state index contributed by atoms with van der Waals surface area (Å²) in [5.41, 5.74) is 3.88. The molecule has 1 fully saturated rings. The second-order valence-electron chi connectivity index (χ2n) is 5.09. The maximum Gasteiger partial charge on any atom is 0.330 e.